The second-order valence-corrected chi connectivity index (χ2v) is 6.05. The van der Waals surface area contributed by atoms with E-state index < -0.39 is 17.6 Å². The first kappa shape index (κ1) is 13.9. The minimum atomic E-state index is -0.792. The fraction of sp³-hybridized carbons (Fsp3) is 0.0625. The zero-order valence-electron chi connectivity index (χ0n) is 11.1. The van der Waals surface area contributed by atoms with Crippen molar-refractivity contribution in [3.8, 4) is 0 Å². The number of carbonyl (C=O) groups is 3. The second-order valence-electron chi connectivity index (χ2n) is 4.81. The maximum Gasteiger partial charge on any atom is 0.306 e. The number of hydrogen-bond acceptors (Lipinski definition) is 3. The average molecular weight is 391 g/mol. The normalized spacial score (nSPS) is 13.5. The number of Topliss-reactive ketones (excluding diaryl/α,β-unsaturated/α-hetero) is 1. The summed E-state index contributed by atoms with van der Waals surface area (Å²) < 4.78 is 0.889. The van der Waals surface area contributed by atoms with Gasteiger partial charge in [-0.25, -0.2) is 4.90 Å². The highest BCUT2D eigenvalue weighted by Crippen LogP contribution is 2.31. The van der Waals surface area contributed by atoms with Crippen molar-refractivity contribution in [1.29, 1.82) is 0 Å². The van der Waals surface area contributed by atoms with E-state index in [9.17, 15) is 14.4 Å². The molecular weight excluding hydrogens is 381 g/mol. The van der Waals surface area contributed by atoms with E-state index in [0.717, 1.165) is 14.0 Å². The summed E-state index contributed by atoms with van der Waals surface area (Å²) in [5, 5.41) is 0. The summed E-state index contributed by atoms with van der Waals surface area (Å²) in [5.41, 5.74) is 1.91. The van der Waals surface area contributed by atoms with Gasteiger partial charge in [0.1, 0.15) is 0 Å². The third kappa shape index (κ3) is 2.27. The van der Waals surface area contributed by atoms with Crippen LogP contribution in [0.25, 0.3) is 0 Å². The Bertz CT molecular complexity index is 798. The summed E-state index contributed by atoms with van der Waals surface area (Å²) in [7, 11) is 0. The number of aryl methyl sites for hydroxylation is 1. The van der Waals surface area contributed by atoms with Crippen LogP contribution in [0.2, 0.25) is 0 Å². The summed E-state index contributed by atoms with van der Waals surface area (Å²) in [4.78, 5) is 37.7. The molecule has 1 aliphatic heterocycles. The molecule has 4 nitrogen and oxygen atoms in total. The predicted octanol–water partition coefficient (Wildman–Crippen LogP) is 2.97. The van der Waals surface area contributed by atoms with Gasteiger partial charge in [-0.15, -0.1) is 0 Å². The van der Waals surface area contributed by atoms with Crippen LogP contribution in [0, 0.1) is 10.5 Å². The number of ketones is 1. The lowest BCUT2D eigenvalue weighted by atomic mass is 10.1. The molecule has 0 unspecified atom stereocenters. The molecule has 0 aromatic heterocycles. The number of imide groups is 1. The third-order valence-corrected chi connectivity index (χ3v) is 3.98. The van der Waals surface area contributed by atoms with Crippen LogP contribution in [0.1, 0.15) is 26.3 Å². The number of hydrogen-bond donors (Lipinski definition) is 0. The number of nitrogens with zero attached hydrogens (tertiary/aromatic N) is 1. The van der Waals surface area contributed by atoms with Gasteiger partial charge in [0.15, 0.2) is 0 Å². The highest BCUT2D eigenvalue weighted by Gasteiger charge is 2.40. The Hall–Kier alpha value is -2.02. The molecule has 0 aliphatic carbocycles. The zero-order valence-corrected chi connectivity index (χ0v) is 13.2. The molecule has 0 saturated carbocycles. The van der Waals surface area contributed by atoms with Crippen molar-refractivity contribution in [2.24, 2.45) is 0 Å². The first-order valence-electron chi connectivity index (χ1n) is 6.28. The largest absolute Gasteiger partial charge is 0.306 e. The smallest absolute Gasteiger partial charge is 0.283 e. The van der Waals surface area contributed by atoms with Crippen LogP contribution in [0.5, 0.6) is 0 Å². The summed E-state index contributed by atoms with van der Waals surface area (Å²) in [6.07, 6.45) is 0. The molecule has 0 bridgehead atoms. The lowest BCUT2D eigenvalue weighted by Crippen LogP contribution is -2.35. The minimum absolute atomic E-state index is 0.291. The average Bonchev–Trinajstić information content (AvgIpc) is 2.70. The maximum absolute atomic E-state index is 12.6. The molecule has 3 rings (SSSR count). The van der Waals surface area contributed by atoms with Crippen LogP contribution < -0.4 is 4.90 Å². The fourth-order valence-corrected chi connectivity index (χ4v) is 2.85. The van der Waals surface area contributed by atoms with Crippen LogP contribution in [0.3, 0.4) is 0 Å². The molecule has 2 aromatic rings. The van der Waals surface area contributed by atoms with Crippen molar-refractivity contribution in [2.45, 2.75) is 6.92 Å². The number of halogens is 1. The van der Waals surface area contributed by atoms with E-state index in [1.165, 1.54) is 0 Å². The van der Waals surface area contributed by atoms with E-state index >= 15 is 0 Å². The molecule has 21 heavy (non-hydrogen) atoms. The monoisotopic (exact) mass is 391 g/mol. The Kier molecular flexibility index (Phi) is 3.36. The van der Waals surface area contributed by atoms with Gasteiger partial charge >= 0.3 is 5.91 Å². The topological polar surface area (TPSA) is 54.5 Å². The van der Waals surface area contributed by atoms with Gasteiger partial charge in [-0.3, -0.25) is 14.4 Å². The van der Waals surface area contributed by atoms with Gasteiger partial charge in [-0.05, 0) is 59.8 Å². The maximum atomic E-state index is 12.6. The number of fused-ring (bicyclic) bond motifs is 1. The van der Waals surface area contributed by atoms with Gasteiger partial charge < -0.3 is 0 Å². The quantitative estimate of drug-likeness (QED) is 0.427. The number of anilines is 1. The minimum Gasteiger partial charge on any atom is -0.283 e. The molecule has 2 aromatic carbocycles. The fourth-order valence-electron chi connectivity index (χ4n) is 2.31. The molecule has 1 heterocycles. The van der Waals surface area contributed by atoms with Gasteiger partial charge in [-0.2, -0.15) is 0 Å². The van der Waals surface area contributed by atoms with E-state index in [2.05, 4.69) is 22.6 Å². The van der Waals surface area contributed by atoms with Gasteiger partial charge in [0, 0.05) is 9.13 Å². The van der Waals surface area contributed by atoms with E-state index in [0.29, 0.717) is 16.8 Å². The molecule has 0 radical (unpaired) electrons. The summed E-state index contributed by atoms with van der Waals surface area (Å²) in [6.45, 7) is 1.84. The summed E-state index contributed by atoms with van der Waals surface area (Å²) >= 11 is 2.09. The molecule has 104 valence electrons. The van der Waals surface area contributed by atoms with Crippen molar-refractivity contribution < 1.29 is 14.4 Å². The van der Waals surface area contributed by atoms with Gasteiger partial charge in [0.25, 0.3) is 11.7 Å². The highest BCUT2D eigenvalue weighted by molar-refractivity contribution is 14.1. The Labute approximate surface area is 134 Å². The standard InChI is InChI=1S/C16H10INO3/c1-9-5-6-13-12(7-9)14(19)16(21)18(13)15(20)10-3-2-4-11(17)8-10/h2-8H,1H3. The lowest BCUT2D eigenvalue weighted by molar-refractivity contribution is -0.113. The van der Waals surface area contributed by atoms with Gasteiger partial charge in [0.05, 0.1) is 11.3 Å². The van der Waals surface area contributed by atoms with Crippen LogP contribution in [-0.2, 0) is 4.79 Å². The molecular formula is C16H10INO3. The van der Waals surface area contributed by atoms with Crippen molar-refractivity contribution in [2.75, 3.05) is 4.90 Å². The molecule has 2 amide bonds. The van der Waals surface area contributed by atoms with E-state index in [-0.39, 0.29) is 0 Å². The molecule has 5 heteroatoms. The van der Waals surface area contributed by atoms with Gasteiger partial charge in [0.2, 0.25) is 0 Å². The van der Waals surface area contributed by atoms with Crippen LogP contribution >= 0.6 is 22.6 Å². The molecule has 0 spiro atoms. The van der Waals surface area contributed by atoms with E-state index in [4.69, 9.17) is 0 Å². The summed E-state index contributed by atoms with van der Waals surface area (Å²) in [5.74, 6) is -1.90. The van der Waals surface area contributed by atoms with Crippen molar-refractivity contribution >= 4 is 45.9 Å². The molecule has 1 aliphatic rings. The predicted molar refractivity (Wildman–Crippen MR) is 86.5 cm³/mol. The Balaban J connectivity index is 2.10. The third-order valence-electron chi connectivity index (χ3n) is 3.31. The number of amides is 2. The van der Waals surface area contributed by atoms with Crippen molar-refractivity contribution in [3.63, 3.8) is 0 Å². The molecule has 0 N–H and O–H groups in total. The first-order valence-corrected chi connectivity index (χ1v) is 7.36. The molecule has 0 fully saturated rings. The van der Waals surface area contributed by atoms with E-state index in [1.807, 2.05) is 13.0 Å². The van der Waals surface area contributed by atoms with Crippen molar-refractivity contribution in [1.82, 2.24) is 0 Å². The Morgan fingerprint density at radius 3 is 2.57 bits per heavy atom. The zero-order chi connectivity index (χ0) is 15.1. The van der Waals surface area contributed by atoms with Gasteiger partial charge in [-0.1, -0.05) is 17.7 Å². The van der Waals surface area contributed by atoms with Crippen LogP contribution in [0.4, 0.5) is 5.69 Å². The van der Waals surface area contributed by atoms with Crippen molar-refractivity contribution in [3.05, 3.63) is 62.7 Å². The van der Waals surface area contributed by atoms with Crippen LogP contribution in [0.15, 0.2) is 42.5 Å². The Morgan fingerprint density at radius 2 is 1.86 bits per heavy atom. The number of benzene rings is 2. The first-order chi connectivity index (χ1) is 9.99. The summed E-state index contributed by atoms with van der Waals surface area (Å²) in [6, 6.07) is 12.0. The lowest BCUT2D eigenvalue weighted by Gasteiger charge is -2.14. The number of carbonyl (C=O) groups excluding carboxylic acids is 3. The van der Waals surface area contributed by atoms with Crippen LogP contribution in [-0.4, -0.2) is 17.6 Å². The Morgan fingerprint density at radius 1 is 1.10 bits per heavy atom. The molecule has 0 atom stereocenters. The van der Waals surface area contributed by atoms with E-state index in [1.54, 1.807) is 36.4 Å². The number of rotatable bonds is 1. The highest BCUT2D eigenvalue weighted by atomic mass is 127. The SMILES string of the molecule is Cc1ccc2c(c1)C(=O)C(=O)N2C(=O)c1cccc(I)c1. The molecule has 0 saturated heterocycles. The second kappa shape index (κ2) is 5.07.